The summed E-state index contributed by atoms with van der Waals surface area (Å²) in [4.78, 5) is 16.8. The highest BCUT2D eigenvalue weighted by atomic mass is 35.5. The van der Waals surface area contributed by atoms with Crippen molar-refractivity contribution in [1.29, 1.82) is 0 Å². The smallest absolute Gasteiger partial charge is 0.260 e. The van der Waals surface area contributed by atoms with E-state index in [1.165, 1.54) is 5.56 Å². The van der Waals surface area contributed by atoms with Crippen LogP contribution < -0.4 is 9.47 Å². The number of ether oxygens (including phenoxy) is 2. The van der Waals surface area contributed by atoms with Gasteiger partial charge in [-0.1, -0.05) is 23.7 Å². The zero-order valence-corrected chi connectivity index (χ0v) is 17.2. The second-order valence-corrected chi connectivity index (χ2v) is 7.47. The number of hydrogen-bond donors (Lipinski definition) is 0. The summed E-state index contributed by atoms with van der Waals surface area (Å²) in [6.07, 6.45) is 0.960. The predicted octanol–water partition coefficient (Wildman–Crippen LogP) is 3.77. The molecule has 0 N–H and O–H groups in total. The van der Waals surface area contributed by atoms with Crippen molar-refractivity contribution < 1.29 is 14.3 Å². The lowest BCUT2D eigenvalue weighted by atomic mass is 10.2. The lowest BCUT2D eigenvalue weighted by molar-refractivity contribution is -0.133. The molecule has 1 aliphatic heterocycles. The molecule has 0 spiro atoms. The van der Waals surface area contributed by atoms with Crippen molar-refractivity contribution in [2.75, 3.05) is 39.9 Å². The fourth-order valence-corrected chi connectivity index (χ4v) is 3.43. The standard InChI is InChI=1S/C22H27ClN2O3/c1-17-14-20(8-9-21(17)23)28-16-22(26)25-11-3-10-24(12-13-25)15-18-4-6-19(27-2)7-5-18/h4-9,14H,3,10-13,15-16H2,1-2H3. The second-order valence-electron chi connectivity index (χ2n) is 7.06. The summed E-state index contributed by atoms with van der Waals surface area (Å²) in [6.45, 7) is 6.18. The van der Waals surface area contributed by atoms with Crippen LogP contribution in [0, 0.1) is 6.92 Å². The van der Waals surface area contributed by atoms with E-state index in [4.69, 9.17) is 21.1 Å². The van der Waals surface area contributed by atoms with Crippen LogP contribution in [0.1, 0.15) is 17.5 Å². The maximum Gasteiger partial charge on any atom is 0.260 e. The van der Waals surface area contributed by atoms with Crippen LogP contribution in [-0.2, 0) is 11.3 Å². The number of nitrogens with zero attached hydrogens (tertiary/aromatic N) is 2. The third-order valence-corrected chi connectivity index (χ3v) is 5.42. The minimum atomic E-state index is 0.0268. The molecule has 0 bridgehead atoms. The molecule has 2 aromatic rings. The Kier molecular flexibility index (Phi) is 7.18. The van der Waals surface area contributed by atoms with E-state index >= 15 is 0 Å². The Morgan fingerprint density at radius 3 is 2.50 bits per heavy atom. The first-order valence-corrected chi connectivity index (χ1v) is 9.95. The average Bonchev–Trinajstić information content (AvgIpc) is 2.95. The summed E-state index contributed by atoms with van der Waals surface area (Å²) in [5.74, 6) is 1.57. The van der Waals surface area contributed by atoms with Crippen LogP contribution in [0.15, 0.2) is 42.5 Å². The molecular formula is C22H27ClN2O3. The van der Waals surface area contributed by atoms with Crippen molar-refractivity contribution in [3.05, 3.63) is 58.6 Å². The van der Waals surface area contributed by atoms with Crippen molar-refractivity contribution in [2.45, 2.75) is 19.9 Å². The van der Waals surface area contributed by atoms with E-state index in [0.717, 1.165) is 50.5 Å². The van der Waals surface area contributed by atoms with Gasteiger partial charge in [-0.3, -0.25) is 9.69 Å². The van der Waals surface area contributed by atoms with Crippen molar-refractivity contribution in [3.63, 3.8) is 0 Å². The Morgan fingerprint density at radius 2 is 1.79 bits per heavy atom. The number of hydrogen-bond acceptors (Lipinski definition) is 4. The van der Waals surface area contributed by atoms with Crippen LogP contribution in [0.25, 0.3) is 0 Å². The van der Waals surface area contributed by atoms with E-state index in [0.29, 0.717) is 10.8 Å². The molecule has 28 heavy (non-hydrogen) atoms. The summed E-state index contributed by atoms with van der Waals surface area (Å²) < 4.78 is 10.9. The normalized spacial score (nSPS) is 15.2. The number of aryl methyl sites for hydroxylation is 1. The van der Waals surface area contributed by atoms with Crippen LogP contribution in [0.2, 0.25) is 5.02 Å². The van der Waals surface area contributed by atoms with E-state index in [1.807, 2.05) is 30.0 Å². The maximum absolute atomic E-state index is 12.6. The summed E-state index contributed by atoms with van der Waals surface area (Å²) in [6, 6.07) is 13.6. The lowest BCUT2D eigenvalue weighted by Crippen LogP contribution is -2.38. The summed E-state index contributed by atoms with van der Waals surface area (Å²) >= 11 is 6.03. The molecule has 0 aliphatic carbocycles. The Labute approximate surface area is 171 Å². The molecule has 0 aromatic heterocycles. The summed E-state index contributed by atoms with van der Waals surface area (Å²) in [7, 11) is 1.67. The molecule has 5 nitrogen and oxygen atoms in total. The fraction of sp³-hybridized carbons (Fsp3) is 0.409. The van der Waals surface area contributed by atoms with Crippen LogP contribution in [-0.4, -0.2) is 55.6 Å². The van der Waals surface area contributed by atoms with Crippen molar-refractivity contribution in [2.24, 2.45) is 0 Å². The average molecular weight is 403 g/mol. The van der Waals surface area contributed by atoms with Gasteiger partial charge in [-0.15, -0.1) is 0 Å². The maximum atomic E-state index is 12.6. The molecule has 0 radical (unpaired) electrons. The van der Waals surface area contributed by atoms with Crippen LogP contribution >= 0.6 is 11.6 Å². The fourth-order valence-electron chi connectivity index (χ4n) is 3.31. The molecule has 1 saturated heterocycles. The van der Waals surface area contributed by atoms with E-state index in [1.54, 1.807) is 19.2 Å². The minimum Gasteiger partial charge on any atom is -0.497 e. The first-order valence-electron chi connectivity index (χ1n) is 9.57. The van der Waals surface area contributed by atoms with Gasteiger partial charge in [0.15, 0.2) is 6.61 Å². The molecule has 6 heteroatoms. The number of benzene rings is 2. The Balaban J connectivity index is 1.48. The van der Waals surface area contributed by atoms with Crippen molar-refractivity contribution in [3.8, 4) is 11.5 Å². The largest absolute Gasteiger partial charge is 0.497 e. The van der Waals surface area contributed by atoms with Crippen molar-refractivity contribution >= 4 is 17.5 Å². The molecule has 3 rings (SSSR count). The first-order chi connectivity index (χ1) is 13.5. The van der Waals surface area contributed by atoms with E-state index < -0.39 is 0 Å². The molecule has 1 amide bonds. The molecule has 2 aromatic carbocycles. The van der Waals surface area contributed by atoms with Gasteiger partial charge >= 0.3 is 0 Å². The molecule has 1 fully saturated rings. The van der Waals surface area contributed by atoms with Gasteiger partial charge in [-0.25, -0.2) is 0 Å². The number of methoxy groups -OCH3 is 1. The highest BCUT2D eigenvalue weighted by molar-refractivity contribution is 6.31. The van der Waals surface area contributed by atoms with E-state index in [9.17, 15) is 4.79 Å². The zero-order chi connectivity index (χ0) is 19.9. The van der Waals surface area contributed by atoms with E-state index in [2.05, 4.69) is 17.0 Å². The number of carbonyl (C=O) groups is 1. The summed E-state index contributed by atoms with van der Waals surface area (Å²) in [5.41, 5.74) is 2.19. The highest BCUT2D eigenvalue weighted by Crippen LogP contribution is 2.21. The molecular weight excluding hydrogens is 376 g/mol. The monoisotopic (exact) mass is 402 g/mol. The third-order valence-electron chi connectivity index (χ3n) is 5.00. The van der Waals surface area contributed by atoms with Gasteiger partial charge in [-0.2, -0.15) is 0 Å². The number of rotatable bonds is 6. The minimum absolute atomic E-state index is 0.0268. The van der Waals surface area contributed by atoms with Gasteiger partial charge in [0.2, 0.25) is 0 Å². The second kappa shape index (κ2) is 9.80. The zero-order valence-electron chi connectivity index (χ0n) is 16.5. The van der Waals surface area contributed by atoms with Gasteiger partial charge in [0.25, 0.3) is 5.91 Å². The van der Waals surface area contributed by atoms with Gasteiger partial charge in [0, 0.05) is 37.7 Å². The Bertz CT molecular complexity index is 795. The molecule has 150 valence electrons. The van der Waals surface area contributed by atoms with Gasteiger partial charge in [-0.05, 0) is 54.8 Å². The third kappa shape index (κ3) is 5.63. The molecule has 1 aliphatic rings. The van der Waals surface area contributed by atoms with Gasteiger partial charge in [0.05, 0.1) is 7.11 Å². The first kappa shape index (κ1) is 20.5. The van der Waals surface area contributed by atoms with Crippen LogP contribution in [0.4, 0.5) is 0 Å². The van der Waals surface area contributed by atoms with E-state index in [-0.39, 0.29) is 12.5 Å². The molecule has 0 unspecified atom stereocenters. The van der Waals surface area contributed by atoms with Crippen LogP contribution in [0.5, 0.6) is 11.5 Å². The lowest BCUT2D eigenvalue weighted by Gasteiger charge is -2.22. The number of amides is 1. The Hall–Kier alpha value is -2.24. The molecule has 0 atom stereocenters. The quantitative estimate of drug-likeness (QED) is 0.737. The molecule has 1 heterocycles. The van der Waals surface area contributed by atoms with Gasteiger partial charge < -0.3 is 14.4 Å². The van der Waals surface area contributed by atoms with Crippen LogP contribution in [0.3, 0.4) is 0 Å². The topological polar surface area (TPSA) is 42.0 Å². The van der Waals surface area contributed by atoms with Gasteiger partial charge in [0.1, 0.15) is 11.5 Å². The Morgan fingerprint density at radius 1 is 1.04 bits per heavy atom. The summed E-state index contributed by atoms with van der Waals surface area (Å²) in [5, 5.41) is 0.697. The number of halogens is 1. The SMILES string of the molecule is COc1ccc(CN2CCCN(C(=O)COc3ccc(Cl)c(C)c3)CC2)cc1. The number of carbonyl (C=O) groups excluding carboxylic acids is 1. The highest BCUT2D eigenvalue weighted by Gasteiger charge is 2.19. The predicted molar refractivity (Wildman–Crippen MR) is 111 cm³/mol. The molecule has 0 saturated carbocycles. The van der Waals surface area contributed by atoms with Crippen molar-refractivity contribution in [1.82, 2.24) is 9.80 Å².